The number of aromatic nitrogens is 2. The summed E-state index contributed by atoms with van der Waals surface area (Å²) in [5.41, 5.74) is 0.561. The van der Waals surface area contributed by atoms with Crippen molar-refractivity contribution in [1.29, 1.82) is 0 Å². The quantitative estimate of drug-likeness (QED) is 0.816. The van der Waals surface area contributed by atoms with Gasteiger partial charge in [0.15, 0.2) is 0 Å². The molecule has 0 aliphatic heterocycles. The maximum atomic E-state index is 10.0. The van der Waals surface area contributed by atoms with Crippen molar-refractivity contribution in [1.82, 2.24) is 15.1 Å². The van der Waals surface area contributed by atoms with E-state index >= 15 is 0 Å². The first kappa shape index (κ1) is 15.2. The van der Waals surface area contributed by atoms with Gasteiger partial charge in [-0.3, -0.25) is 4.68 Å². The summed E-state index contributed by atoms with van der Waals surface area (Å²) < 4.78 is 2.78. The molecule has 1 atom stereocenters. The second kappa shape index (κ2) is 7.02. The number of aliphatic hydroxyl groups is 1. The molecular formula is C15H20BrN3O. The van der Waals surface area contributed by atoms with Crippen LogP contribution >= 0.6 is 15.9 Å². The number of nitrogens with one attached hydrogen (secondary N) is 1. The lowest BCUT2D eigenvalue weighted by molar-refractivity contribution is 0.138. The van der Waals surface area contributed by atoms with Crippen LogP contribution in [0.2, 0.25) is 0 Å². The van der Waals surface area contributed by atoms with Gasteiger partial charge in [0.1, 0.15) is 0 Å². The summed E-state index contributed by atoms with van der Waals surface area (Å²) in [4.78, 5) is 0. The molecule has 0 aliphatic rings. The third-order valence-electron chi connectivity index (χ3n) is 3.34. The molecule has 1 aromatic carbocycles. The molecule has 2 N–H and O–H groups in total. The average molecular weight is 338 g/mol. The second-order valence-corrected chi connectivity index (χ2v) is 5.80. The predicted molar refractivity (Wildman–Crippen MR) is 83.4 cm³/mol. The van der Waals surface area contributed by atoms with Crippen LogP contribution < -0.4 is 5.32 Å². The van der Waals surface area contributed by atoms with E-state index in [9.17, 15) is 5.11 Å². The molecule has 0 bridgehead atoms. The van der Waals surface area contributed by atoms with Gasteiger partial charge < -0.3 is 10.4 Å². The highest BCUT2D eigenvalue weighted by molar-refractivity contribution is 9.10. The number of hydrogen-bond donors (Lipinski definition) is 2. The summed E-state index contributed by atoms with van der Waals surface area (Å²) in [5, 5.41) is 17.8. The first-order valence-electron chi connectivity index (χ1n) is 6.79. The SMILES string of the molecule is CCCNC(CO)(Cn1cc(Br)cn1)c1ccccc1. The summed E-state index contributed by atoms with van der Waals surface area (Å²) in [7, 11) is 0. The lowest BCUT2D eigenvalue weighted by Gasteiger charge is -2.33. The Morgan fingerprint density at radius 1 is 1.35 bits per heavy atom. The Morgan fingerprint density at radius 2 is 2.10 bits per heavy atom. The molecular weight excluding hydrogens is 318 g/mol. The van der Waals surface area contributed by atoms with E-state index in [2.05, 4.69) is 33.3 Å². The maximum Gasteiger partial charge on any atom is 0.0867 e. The minimum absolute atomic E-state index is 0.0223. The molecule has 0 amide bonds. The van der Waals surface area contributed by atoms with Crippen molar-refractivity contribution in [3.63, 3.8) is 0 Å². The summed E-state index contributed by atoms with van der Waals surface area (Å²) >= 11 is 3.40. The molecule has 1 unspecified atom stereocenters. The van der Waals surface area contributed by atoms with Crippen LogP contribution in [-0.4, -0.2) is 28.0 Å². The van der Waals surface area contributed by atoms with Crippen LogP contribution in [0.1, 0.15) is 18.9 Å². The van der Waals surface area contributed by atoms with Crippen LogP contribution in [0, 0.1) is 0 Å². The fraction of sp³-hybridized carbons (Fsp3) is 0.400. The van der Waals surface area contributed by atoms with Crippen molar-refractivity contribution in [3.8, 4) is 0 Å². The fourth-order valence-corrected chi connectivity index (χ4v) is 2.60. The number of hydrogen-bond acceptors (Lipinski definition) is 3. The molecule has 108 valence electrons. The molecule has 4 nitrogen and oxygen atoms in total. The van der Waals surface area contributed by atoms with Gasteiger partial charge in [0.2, 0.25) is 0 Å². The number of rotatable bonds is 7. The smallest absolute Gasteiger partial charge is 0.0867 e. The second-order valence-electron chi connectivity index (χ2n) is 4.89. The van der Waals surface area contributed by atoms with E-state index in [0.717, 1.165) is 23.0 Å². The Labute approximate surface area is 127 Å². The Kier molecular flexibility index (Phi) is 5.34. The zero-order valence-corrected chi connectivity index (χ0v) is 13.2. The van der Waals surface area contributed by atoms with Gasteiger partial charge in [-0.2, -0.15) is 5.10 Å². The minimum Gasteiger partial charge on any atom is -0.394 e. The fourth-order valence-electron chi connectivity index (χ4n) is 2.27. The Hall–Kier alpha value is -1.17. The Bertz CT molecular complexity index is 529. The van der Waals surface area contributed by atoms with Gasteiger partial charge in [-0.05, 0) is 34.5 Å². The molecule has 0 saturated heterocycles. The van der Waals surface area contributed by atoms with E-state index in [1.54, 1.807) is 6.20 Å². The zero-order chi connectivity index (χ0) is 14.4. The van der Waals surface area contributed by atoms with Gasteiger partial charge in [-0.25, -0.2) is 0 Å². The van der Waals surface area contributed by atoms with E-state index in [-0.39, 0.29) is 6.61 Å². The molecule has 5 heteroatoms. The topological polar surface area (TPSA) is 50.1 Å². The number of aliphatic hydroxyl groups excluding tert-OH is 1. The van der Waals surface area contributed by atoms with Crippen LogP contribution in [0.5, 0.6) is 0 Å². The lowest BCUT2D eigenvalue weighted by atomic mass is 9.90. The monoisotopic (exact) mass is 337 g/mol. The minimum atomic E-state index is -0.511. The van der Waals surface area contributed by atoms with Crippen LogP contribution in [0.15, 0.2) is 47.2 Å². The highest BCUT2D eigenvalue weighted by Gasteiger charge is 2.31. The first-order chi connectivity index (χ1) is 9.70. The van der Waals surface area contributed by atoms with Crippen molar-refractivity contribution in [2.75, 3.05) is 13.2 Å². The largest absolute Gasteiger partial charge is 0.394 e. The van der Waals surface area contributed by atoms with E-state index in [1.807, 2.05) is 41.2 Å². The maximum absolute atomic E-state index is 10.0. The third-order valence-corrected chi connectivity index (χ3v) is 3.75. The summed E-state index contributed by atoms with van der Waals surface area (Å²) in [5.74, 6) is 0. The number of benzene rings is 1. The van der Waals surface area contributed by atoms with Crippen LogP contribution in [0.3, 0.4) is 0 Å². The Balaban J connectivity index is 2.31. The third kappa shape index (κ3) is 3.48. The molecule has 0 spiro atoms. The van der Waals surface area contributed by atoms with Crippen molar-refractivity contribution >= 4 is 15.9 Å². The average Bonchev–Trinajstić information content (AvgIpc) is 2.89. The molecule has 2 rings (SSSR count). The molecule has 0 radical (unpaired) electrons. The Morgan fingerprint density at radius 3 is 2.65 bits per heavy atom. The normalized spacial score (nSPS) is 14.2. The molecule has 0 aliphatic carbocycles. The zero-order valence-electron chi connectivity index (χ0n) is 11.6. The van der Waals surface area contributed by atoms with Crippen molar-refractivity contribution in [2.24, 2.45) is 0 Å². The van der Waals surface area contributed by atoms with E-state index in [1.165, 1.54) is 0 Å². The first-order valence-corrected chi connectivity index (χ1v) is 7.59. The van der Waals surface area contributed by atoms with Crippen LogP contribution in [-0.2, 0) is 12.1 Å². The number of nitrogens with zero attached hydrogens (tertiary/aromatic N) is 2. The molecule has 20 heavy (non-hydrogen) atoms. The standard InChI is InChI=1S/C15H20BrN3O/c1-2-8-17-15(12-20,13-6-4-3-5-7-13)11-19-10-14(16)9-18-19/h3-7,9-10,17,20H,2,8,11-12H2,1H3. The van der Waals surface area contributed by atoms with Gasteiger partial charge in [0, 0.05) is 6.20 Å². The molecule has 1 heterocycles. The molecule has 2 aromatic rings. The molecule has 1 aromatic heterocycles. The summed E-state index contributed by atoms with van der Waals surface area (Å²) in [6.45, 7) is 3.57. The van der Waals surface area contributed by atoms with Crippen molar-refractivity contribution in [3.05, 3.63) is 52.8 Å². The van der Waals surface area contributed by atoms with E-state index in [0.29, 0.717) is 6.54 Å². The van der Waals surface area contributed by atoms with Gasteiger partial charge in [0.05, 0.1) is 29.4 Å². The van der Waals surface area contributed by atoms with Gasteiger partial charge in [-0.15, -0.1) is 0 Å². The molecule has 0 fully saturated rings. The van der Waals surface area contributed by atoms with Crippen LogP contribution in [0.25, 0.3) is 0 Å². The van der Waals surface area contributed by atoms with Gasteiger partial charge in [-0.1, -0.05) is 37.3 Å². The van der Waals surface area contributed by atoms with Gasteiger partial charge >= 0.3 is 0 Å². The van der Waals surface area contributed by atoms with Crippen LogP contribution in [0.4, 0.5) is 0 Å². The highest BCUT2D eigenvalue weighted by atomic mass is 79.9. The predicted octanol–water partition coefficient (Wildman–Crippen LogP) is 2.53. The van der Waals surface area contributed by atoms with E-state index in [4.69, 9.17) is 0 Å². The molecule has 0 saturated carbocycles. The van der Waals surface area contributed by atoms with Crippen molar-refractivity contribution < 1.29 is 5.11 Å². The summed E-state index contributed by atoms with van der Waals surface area (Å²) in [6.07, 6.45) is 4.69. The highest BCUT2D eigenvalue weighted by Crippen LogP contribution is 2.23. The number of halogens is 1. The van der Waals surface area contributed by atoms with E-state index < -0.39 is 5.54 Å². The van der Waals surface area contributed by atoms with Gasteiger partial charge in [0.25, 0.3) is 0 Å². The lowest BCUT2D eigenvalue weighted by Crippen LogP contribution is -2.49. The summed E-state index contributed by atoms with van der Waals surface area (Å²) in [6, 6.07) is 10.0. The van der Waals surface area contributed by atoms with Crippen molar-refractivity contribution in [2.45, 2.75) is 25.4 Å².